The van der Waals surface area contributed by atoms with Gasteiger partial charge in [0, 0.05) is 32.5 Å². The molecular weight excluding hydrogens is 298 g/mol. The number of rotatable bonds is 6. The molecule has 0 aliphatic carbocycles. The Bertz CT molecular complexity index is 734. The third-order valence-electron chi connectivity index (χ3n) is 4.65. The number of hydrogen-bond donors (Lipinski definition) is 1. The Kier molecular flexibility index (Phi) is 5.46. The van der Waals surface area contributed by atoms with Gasteiger partial charge in [0.2, 0.25) is 0 Å². The summed E-state index contributed by atoms with van der Waals surface area (Å²) in [5.41, 5.74) is 4.60. The van der Waals surface area contributed by atoms with Crippen LogP contribution in [0.4, 0.5) is 0 Å². The predicted octanol–water partition coefficient (Wildman–Crippen LogP) is 3.23. The summed E-state index contributed by atoms with van der Waals surface area (Å²) in [4.78, 5) is 22.3. The second kappa shape index (κ2) is 7.75. The Morgan fingerprint density at radius 2 is 1.79 bits per heavy atom. The molecule has 128 valence electrons. The predicted molar refractivity (Wildman–Crippen MR) is 97.1 cm³/mol. The van der Waals surface area contributed by atoms with Crippen molar-refractivity contribution in [3.63, 3.8) is 0 Å². The molecule has 1 aliphatic heterocycles. The first-order valence-corrected chi connectivity index (χ1v) is 9.10. The number of aromatic amines is 1. The lowest BCUT2D eigenvalue weighted by Crippen LogP contribution is -2.35. The van der Waals surface area contributed by atoms with Crippen molar-refractivity contribution >= 4 is 0 Å². The van der Waals surface area contributed by atoms with E-state index in [1.807, 2.05) is 0 Å². The van der Waals surface area contributed by atoms with Gasteiger partial charge in [-0.25, -0.2) is 4.98 Å². The molecule has 1 aromatic carbocycles. The Morgan fingerprint density at radius 3 is 2.50 bits per heavy atom. The largest absolute Gasteiger partial charge is 0.310 e. The lowest BCUT2D eigenvalue weighted by molar-refractivity contribution is 0.241. The molecule has 0 spiro atoms. The van der Waals surface area contributed by atoms with Crippen LogP contribution < -0.4 is 5.56 Å². The summed E-state index contributed by atoms with van der Waals surface area (Å²) in [6.07, 6.45) is 5.03. The van der Waals surface area contributed by atoms with Crippen molar-refractivity contribution in [2.75, 3.05) is 6.54 Å². The zero-order valence-corrected chi connectivity index (χ0v) is 14.8. The van der Waals surface area contributed by atoms with Gasteiger partial charge in [0.05, 0.1) is 11.3 Å². The van der Waals surface area contributed by atoms with E-state index in [0.29, 0.717) is 6.54 Å². The van der Waals surface area contributed by atoms with Crippen LogP contribution in [0.25, 0.3) is 0 Å². The van der Waals surface area contributed by atoms with Crippen LogP contribution in [0.1, 0.15) is 54.9 Å². The van der Waals surface area contributed by atoms with Gasteiger partial charge >= 0.3 is 0 Å². The molecule has 0 radical (unpaired) electrons. The molecular formula is C20H27N3O. The van der Waals surface area contributed by atoms with E-state index in [1.165, 1.54) is 17.5 Å². The molecule has 0 amide bonds. The fourth-order valence-electron chi connectivity index (χ4n) is 3.38. The normalized spacial score (nSPS) is 14.6. The van der Waals surface area contributed by atoms with Crippen LogP contribution in [0, 0.1) is 0 Å². The van der Waals surface area contributed by atoms with Crippen LogP contribution in [0.5, 0.6) is 0 Å². The van der Waals surface area contributed by atoms with Crippen LogP contribution in [-0.2, 0) is 32.4 Å². The van der Waals surface area contributed by atoms with Crippen molar-refractivity contribution in [2.45, 2.75) is 59.0 Å². The Morgan fingerprint density at radius 1 is 1.08 bits per heavy atom. The maximum atomic E-state index is 12.4. The van der Waals surface area contributed by atoms with Crippen molar-refractivity contribution in [2.24, 2.45) is 0 Å². The topological polar surface area (TPSA) is 49.0 Å². The molecule has 2 aromatic rings. The number of nitrogens with one attached hydrogen (secondary N) is 1. The fourth-order valence-corrected chi connectivity index (χ4v) is 3.38. The Balaban J connectivity index is 1.69. The van der Waals surface area contributed by atoms with Crippen molar-refractivity contribution < 1.29 is 0 Å². The van der Waals surface area contributed by atoms with Crippen LogP contribution in [0.3, 0.4) is 0 Å². The van der Waals surface area contributed by atoms with E-state index < -0.39 is 0 Å². The van der Waals surface area contributed by atoms with E-state index in [2.05, 4.69) is 53.0 Å². The number of benzene rings is 1. The minimum absolute atomic E-state index is 0.0476. The van der Waals surface area contributed by atoms with Gasteiger partial charge in [0.1, 0.15) is 5.82 Å². The number of hydrogen-bond acceptors (Lipinski definition) is 3. The van der Waals surface area contributed by atoms with Gasteiger partial charge in [-0.3, -0.25) is 9.69 Å². The lowest BCUT2D eigenvalue weighted by atomic mass is 10.0. The first-order valence-electron chi connectivity index (χ1n) is 9.10. The van der Waals surface area contributed by atoms with E-state index in [-0.39, 0.29) is 5.56 Å². The molecule has 0 atom stereocenters. The first-order chi connectivity index (χ1) is 11.7. The number of nitrogens with zero attached hydrogens (tertiary/aromatic N) is 2. The van der Waals surface area contributed by atoms with Gasteiger partial charge in [0.15, 0.2) is 0 Å². The maximum absolute atomic E-state index is 12.4. The van der Waals surface area contributed by atoms with Gasteiger partial charge in [0.25, 0.3) is 5.56 Å². The standard InChI is InChI=1S/C20H27N3O/c1-3-5-15-7-9-16(10-8-15)13-23-12-11-18-17(14-23)20(24)22-19(21-18)6-4-2/h7-10H,3-6,11-14H2,1-2H3,(H,21,22,24). The average Bonchev–Trinajstić information content (AvgIpc) is 2.58. The van der Waals surface area contributed by atoms with Gasteiger partial charge in [-0.1, -0.05) is 44.5 Å². The zero-order valence-electron chi connectivity index (χ0n) is 14.8. The monoisotopic (exact) mass is 325 g/mol. The van der Waals surface area contributed by atoms with Crippen LogP contribution in [0.15, 0.2) is 29.1 Å². The summed E-state index contributed by atoms with van der Waals surface area (Å²) >= 11 is 0. The molecule has 0 saturated carbocycles. The van der Waals surface area contributed by atoms with E-state index in [4.69, 9.17) is 0 Å². The Labute approximate surface area is 143 Å². The van der Waals surface area contributed by atoms with E-state index >= 15 is 0 Å². The summed E-state index contributed by atoms with van der Waals surface area (Å²) in [6.45, 7) is 6.86. The number of aryl methyl sites for hydroxylation is 2. The number of fused-ring (bicyclic) bond motifs is 1. The highest BCUT2D eigenvalue weighted by molar-refractivity contribution is 5.24. The number of aromatic nitrogens is 2. The first kappa shape index (κ1) is 16.9. The molecule has 0 saturated heterocycles. The van der Waals surface area contributed by atoms with Gasteiger partial charge in [-0.2, -0.15) is 0 Å². The third kappa shape index (κ3) is 3.93. The molecule has 3 rings (SSSR count). The Hall–Kier alpha value is -1.94. The van der Waals surface area contributed by atoms with Crippen LogP contribution >= 0.6 is 0 Å². The molecule has 1 aromatic heterocycles. The molecule has 0 bridgehead atoms. The molecule has 24 heavy (non-hydrogen) atoms. The summed E-state index contributed by atoms with van der Waals surface area (Å²) in [6, 6.07) is 8.88. The van der Waals surface area contributed by atoms with Crippen LogP contribution in [0.2, 0.25) is 0 Å². The fraction of sp³-hybridized carbons (Fsp3) is 0.500. The van der Waals surface area contributed by atoms with Gasteiger partial charge in [-0.15, -0.1) is 0 Å². The highest BCUT2D eigenvalue weighted by Gasteiger charge is 2.21. The summed E-state index contributed by atoms with van der Waals surface area (Å²) in [7, 11) is 0. The second-order valence-corrected chi connectivity index (χ2v) is 6.72. The molecule has 1 aliphatic rings. The summed E-state index contributed by atoms with van der Waals surface area (Å²) < 4.78 is 0. The van der Waals surface area contributed by atoms with Crippen molar-refractivity contribution in [1.29, 1.82) is 0 Å². The summed E-state index contributed by atoms with van der Waals surface area (Å²) in [5, 5.41) is 0. The average molecular weight is 325 g/mol. The minimum Gasteiger partial charge on any atom is -0.310 e. The highest BCUT2D eigenvalue weighted by Crippen LogP contribution is 2.17. The molecule has 0 fully saturated rings. The van der Waals surface area contributed by atoms with E-state index in [9.17, 15) is 4.79 Å². The van der Waals surface area contributed by atoms with E-state index in [1.54, 1.807) is 0 Å². The maximum Gasteiger partial charge on any atom is 0.255 e. The summed E-state index contributed by atoms with van der Waals surface area (Å²) in [5.74, 6) is 0.834. The lowest BCUT2D eigenvalue weighted by Gasteiger charge is -2.27. The third-order valence-corrected chi connectivity index (χ3v) is 4.65. The molecule has 4 heteroatoms. The smallest absolute Gasteiger partial charge is 0.255 e. The highest BCUT2D eigenvalue weighted by atomic mass is 16.1. The van der Waals surface area contributed by atoms with Crippen LogP contribution in [-0.4, -0.2) is 21.4 Å². The quantitative estimate of drug-likeness (QED) is 0.887. The van der Waals surface area contributed by atoms with Crippen molar-refractivity contribution in [3.8, 4) is 0 Å². The molecule has 2 heterocycles. The SMILES string of the molecule is CCCc1ccc(CN2CCc3nc(CCC)[nH]c(=O)c3C2)cc1. The van der Waals surface area contributed by atoms with E-state index in [0.717, 1.165) is 55.9 Å². The van der Waals surface area contributed by atoms with Crippen molar-refractivity contribution in [3.05, 3.63) is 62.8 Å². The van der Waals surface area contributed by atoms with Gasteiger partial charge < -0.3 is 4.98 Å². The minimum atomic E-state index is 0.0476. The molecule has 1 N–H and O–H groups in total. The van der Waals surface area contributed by atoms with Crippen molar-refractivity contribution in [1.82, 2.24) is 14.9 Å². The zero-order chi connectivity index (χ0) is 16.9. The van der Waals surface area contributed by atoms with Gasteiger partial charge in [-0.05, 0) is 24.0 Å². The second-order valence-electron chi connectivity index (χ2n) is 6.72. The number of H-pyrrole nitrogens is 1. The molecule has 4 nitrogen and oxygen atoms in total. The molecule has 0 unspecified atom stereocenters.